The van der Waals surface area contributed by atoms with E-state index < -0.39 is 4.92 Å². The molecule has 0 aromatic heterocycles. The summed E-state index contributed by atoms with van der Waals surface area (Å²) in [7, 11) is 5.13. The van der Waals surface area contributed by atoms with Gasteiger partial charge < -0.3 is 10.2 Å². The molecule has 0 rings (SSSR count). The summed E-state index contributed by atoms with van der Waals surface area (Å²) in [6.45, 7) is 0. The van der Waals surface area contributed by atoms with Crippen molar-refractivity contribution in [2.45, 2.75) is 0 Å². The van der Waals surface area contributed by atoms with E-state index in [1.54, 1.807) is 26.0 Å². The summed E-state index contributed by atoms with van der Waals surface area (Å²) in [5.74, 6) is 0.216. The zero-order chi connectivity index (χ0) is 9.56. The average Bonchev–Trinajstić information content (AvgIpc) is 1.97. The Labute approximate surface area is 70.7 Å². The van der Waals surface area contributed by atoms with E-state index in [4.69, 9.17) is 0 Å². The third-order valence-electron chi connectivity index (χ3n) is 0.912. The van der Waals surface area contributed by atoms with Crippen molar-refractivity contribution in [3.05, 3.63) is 22.1 Å². The van der Waals surface area contributed by atoms with Crippen LogP contribution in [-0.4, -0.2) is 37.3 Å². The molecule has 0 aliphatic rings. The Morgan fingerprint density at radius 3 is 2.58 bits per heavy atom. The lowest BCUT2D eigenvalue weighted by molar-refractivity contribution is -0.403. The van der Waals surface area contributed by atoms with E-state index in [-0.39, 0.29) is 5.82 Å². The molecule has 0 unspecified atom stereocenters. The standard InChI is InChI=1S/C6H12N4O2/c1-7-6(4-10(11)12)8-5-9(2)3/h4-5,7H,1-3H3/b6-4+,8-5+. The van der Waals surface area contributed by atoms with Gasteiger partial charge in [-0.15, -0.1) is 0 Å². The lowest BCUT2D eigenvalue weighted by Gasteiger charge is -2.02. The molecular weight excluding hydrogens is 160 g/mol. The largest absolute Gasteiger partial charge is 0.369 e. The van der Waals surface area contributed by atoms with E-state index in [2.05, 4.69) is 10.3 Å². The fourth-order valence-corrected chi connectivity index (χ4v) is 0.440. The lowest BCUT2D eigenvalue weighted by atomic mass is 10.7. The van der Waals surface area contributed by atoms with E-state index >= 15 is 0 Å². The Hall–Kier alpha value is -1.59. The summed E-state index contributed by atoms with van der Waals surface area (Å²) in [5.41, 5.74) is 0. The molecule has 6 nitrogen and oxygen atoms in total. The van der Waals surface area contributed by atoms with Crippen molar-refractivity contribution < 1.29 is 4.92 Å². The molecular formula is C6H12N4O2. The summed E-state index contributed by atoms with van der Waals surface area (Å²) in [5, 5.41) is 12.6. The molecule has 1 N–H and O–H groups in total. The van der Waals surface area contributed by atoms with Gasteiger partial charge in [-0.2, -0.15) is 0 Å². The molecule has 0 atom stereocenters. The Kier molecular flexibility index (Phi) is 4.43. The molecule has 0 saturated heterocycles. The second-order valence-electron chi connectivity index (χ2n) is 2.26. The monoisotopic (exact) mass is 172 g/mol. The van der Waals surface area contributed by atoms with Gasteiger partial charge >= 0.3 is 0 Å². The van der Waals surface area contributed by atoms with Crippen molar-refractivity contribution >= 4 is 6.34 Å². The van der Waals surface area contributed by atoms with Gasteiger partial charge in [0.2, 0.25) is 0 Å². The molecule has 6 heteroatoms. The van der Waals surface area contributed by atoms with Gasteiger partial charge in [0, 0.05) is 21.1 Å². The fraction of sp³-hybridized carbons (Fsp3) is 0.500. The molecule has 12 heavy (non-hydrogen) atoms. The first kappa shape index (κ1) is 10.4. The Balaban J connectivity index is 4.27. The van der Waals surface area contributed by atoms with Crippen LogP contribution in [0.3, 0.4) is 0 Å². The predicted molar refractivity (Wildman–Crippen MR) is 46.3 cm³/mol. The lowest BCUT2D eigenvalue weighted by Crippen LogP contribution is -2.11. The second kappa shape index (κ2) is 5.11. The van der Waals surface area contributed by atoms with Gasteiger partial charge in [0.1, 0.15) is 0 Å². The minimum atomic E-state index is -0.557. The van der Waals surface area contributed by atoms with Crippen LogP contribution in [0.4, 0.5) is 0 Å². The van der Waals surface area contributed by atoms with E-state index in [1.807, 2.05) is 0 Å². The fourth-order valence-electron chi connectivity index (χ4n) is 0.440. The molecule has 68 valence electrons. The van der Waals surface area contributed by atoms with Crippen LogP contribution in [0.1, 0.15) is 0 Å². The van der Waals surface area contributed by atoms with Gasteiger partial charge in [-0.3, -0.25) is 10.1 Å². The first-order valence-corrected chi connectivity index (χ1v) is 3.30. The minimum absolute atomic E-state index is 0.216. The molecule has 0 bridgehead atoms. The molecule has 0 fully saturated rings. The van der Waals surface area contributed by atoms with Crippen molar-refractivity contribution in [3.8, 4) is 0 Å². The summed E-state index contributed by atoms with van der Waals surface area (Å²) in [6, 6.07) is 0. The zero-order valence-corrected chi connectivity index (χ0v) is 7.31. The van der Waals surface area contributed by atoms with Crippen LogP contribution in [0.25, 0.3) is 0 Å². The number of hydrogen-bond acceptors (Lipinski definition) is 4. The van der Waals surface area contributed by atoms with Crippen molar-refractivity contribution in [2.75, 3.05) is 21.1 Å². The van der Waals surface area contributed by atoms with Gasteiger partial charge in [0.15, 0.2) is 5.82 Å². The van der Waals surface area contributed by atoms with Gasteiger partial charge in [0.05, 0.1) is 11.3 Å². The minimum Gasteiger partial charge on any atom is -0.369 e. The zero-order valence-electron chi connectivity index (χ0n) is 7.31. The summed E-state index contributed by atoms with van der Waals surface area (Å²) >= 11 is 0. The SMILES string of the molecule is CNC(=C\[N+](=O)[O-])/N=C/N(C)C. The highest BCUT2D eigenvalue weighted by atomic mass is 16.6. The smallest absolute Gasteiger partial charge is 0.276 e. The van der Waals surface area contributed by atoms with Crippen LogP contribution in [0.15, 0.2) is 17.0 Å². The number of nitrogens with one attached hydrogen (secondary N) is 1. The number of nitrogens with zero attached hydrogens (tertiary/aromatic N) is 3. The summed E-state index contributed by atoms with van der Waals surface area (Å²) in [4.78, 5) is 14.9. The average molecular weight is 172 g/mol. The van der Waals surface area contributed by atoms with Crippen molar-refractivity contribution in [1.29, 1.82) is 0 Å². The van der Waals surface area contributed by atoms with Gasteiger partial charge in [-0.05, 0) is 0 Å². The van der Waals surface area contributed by atoms with E-state index in [0.717, 1.165) is 6.20 Å². The highest BCUT2D eigenvalue weighted by Crippen LogP contribution is 1.88. The summed E-state index contributed by atoms with van der Waals surface area (Å²) in [6.07, 6.45) is 2.28. The molecule has 0 aromatic carbocycles. The molecule has 0 aromatic rings. The van der Waals surface area contributed by atoms with E-state index in [1.165, 1.54) is 6.34 Å². The van der Waals surface area contributed by atoms with Crippen LogP contribution in [0, 0.1) is 10.1 Å². The number of hydrogen-bond donors (Lipinski definition) is 1. The third kappa shape index (κ3) is 5.21. The van der Waals surface area contributed by atoms with Crippen LogP contribution < -0.4 is 5.32 Å². The Morgan fingerprint density at radius 1 is 1.67 bits per heavy atom. The first-order valence-electron chi connectivity index (χ1n) is 3.30. The Bertz CT molecular complexity index is 210. The van der Waals surface area contributed by atoms with Crippen LogP contribution in [0.2, 0.25) is 0 Å². The van der Waals surface area contributed by atoms with Crippen LogP contribution in [0.5, 0.6) is 0 Å². The maximum absolute atomic E-state index is 10.0. The topological polar surface area (TPSA) is 70.8 Å². The number of rotatable bonds is 4. The molecule has 0 heterocycles. The molecule has 0 aliphatic carbocycles. The predicted octanol–water partition coefficient (Wildman–Crippen LogP) is -0.129. The molecule has 0 spiro atoms. The van der Waals surface area contributed by atoms with Crippen molar-refractivity contribution in [1.82, 2.24) is 10.2 Å². The number of aliphatic imine (C=N–C) groups is 1. The van der Waals surface area contributed by atoms with E-state index in [9.17, 15) is 10.1 Å². The van der Waals surface area contributed by atoms with Crippen LogP contribution in [-0.2, 0) is 0 Å². The highest BCUT2D eigenvalue weighted by Gasteiger charge is 1.95. The normalized spacial score (nSPS) is 11.8. The first-order chi connectivity index (χ1) is 5.56. The van der Waals surface area contributed by atoms with Gasteiger partial charge in [-0.25, -0.2) is 4.99 Å². The quantitative estimate of drug-likeness (QED) is 0.277. The molecule has 0 aliphatic heterocycles. The van der Waals surface area contributed by atoms with Crippen LogP contribution >= 0.6 is 0 Å². The Morgan fingerprint density at radius 2 is 2.25 bits per heavy atom. The van der Waals surface area contributed by atoms with Crippen molar-refractivity contribution in [2.24, 2.45) is 4.99 Å². The second-order valence-corrected chi connectivity index (χ2v) is 2.26. The number of nitro groups is 1. The highest BCUT2D eigenvalue weighted by molar-refractivity contribution is 5.55. The van der Waals surface area contributed by atoms with Gasteiger partial charge in [0.25, 0.3) is 6.20 Å². The van der Waals surface area contributed by atoms with E-state index in [0.29, 0.717) is 0 Å². The van der Waals surface area contributed by atoms with Gasteiger partial charge in [-0.1, -0.05) is 0 Å². The molecule has 0 saturated carbocycles. The summed E-state index contributed by atoms with van der Waals surface area (Å²) < 4.78 is 0. The molecule has 0 radical (unpaired) electrons. The third-order valence-corrected chi connectivity index (χ3v) is 0.912. The maximum atomic E-state index is 10.0. The molecule has 0 amide bonds. The van der Waals surface area contributed by atoms with Crippen molar-refractivity contribution in [3.63, 3.8) is 0 Å². The maximum Gasteiger partial charge on any atom is 0.276 e.